The Hall–Kier alpha value is -1.84. The number of nitrogens with one attached hydrogen (secondary N) is 1. The van der Waals surface area contributed by atoms with Crippen molar-refractivity contribution in [3.05, 3.63) is 29.8 Å². The molecule has 1 aromatic carbocycles. The second-order valence-corrected chi connectivity index (χ2v) is 6.08. The SMILES string of the molecule is CNC(=O)[C@@H]1Cc2ccccc2N1C(=O)CC1CCCC1. The lowest BCUT2D eigenvalue weighted by molar-refractivity contribution is -0.126. The van der Waals surface area contributed by atoms with Crippen LogP contribution < -0.4 is 10.2 Å². The van der Waals surface area contributed by atoms with E-state index in [1.807, 2.05) is 24.3 Å². The van der Waals surface area contributed by atoms with E-state index in [-0.39, 0.29) is 17.9 Å². The van der Waals surface area contributed by atoms with Gasteiger partial charge in [-0.1, -0.05) is 31.0 Å². The lowest BCUT2D eigenvalue weighted by Gasteiger charge is -2.25. The average molecular weight is 286 g/mol. The molecular weight excluding hydrogens is 264 g/mol. The van der Waals surface area contributed by atoms with Gasteiger partial charge in [0.2, 0.25) is 11.8 Å². The maximum Gasteiger partial charge on any atom is 0.243 e. The molecule has 0 radical (unpaired) electrons. The number of carbonyl (C=O) groups excluding carboxylic acids is 2. The Morgan fingerprint density at radius 1 is 1.24 bits per heavy atom. The fourth-order valence-corrected chi connectivity index (χ4v) is 3.63. The summed E-state index contributed by atoms with van der Waals surface area (Å²) in [6.45, 7) is 0. The lowest BCUT2D eigenvalue weighted by atomic mass is 10.0. The predicted octanol–water partition coefficient (Wildman–Crippen LogP) is 2.27. The van der Waals surface area contributed by atoms with Crippen LogP contribution in [0.15, 0.2) is 24.3 Å². The molecule has 1 aliphatic heterocycles. The molecule has 0 aromatic heterocycles. The van der Waals surface area contributed by atoms with E-state index >= 15 is 0 Å². The molecule has 0 saturated heterocycles. The average Bonchev–Trinajstić information content (AvgIpc) is 3.12. The second-order valence-electron chi connectivity index (χ2n) is 6.08. The molecule has 2 aliphatic rings. The summed E-state index contributed by atoms with van der Waals surface area (Å²) in [6.07, 6.45) is 5.94. The lowest BCUT2D eigenvalue weighted by Crippen LogP contribution is -2.47. The molecule has 0 unspecified atom stereocenters. The molecule has 4 heteroatoms. The van der Waals surface area contributed by atoms with Crippen molar-refractivity contribution in [3.63, 3.8) is 0 Å². The first kappa shape index (κ1) is 14.1. The summed E-state index contributed by atoms with van der Waals surface area (Å²) in [5, 5.41) is 2.69. The third-order valence-electron chi connectivity index (χ3n) is 4.73. The topological polar surface area (TPSA) is 49.4 Å². The minimum Gasteiger partial charge on any atom is -0.357 e. The van der Waals surface area contributed by atoms with Crippen LogP contribution >= 0.6 is 0 Å². The maximum absolute atomic E-state index is 12.7. The van der Waals surface area contributed by atoms with Crippen molar-refractivity contribution in [1.29, 1.82) is 0 Å². The Bertz CT molecular complexity index is 549. The number of carbonyl (C=O) groups is 2. The molecule has 1 heterocycles. The first-order chi connectivity index (χ1) is 10.2. The van der Waals surface area contributed by atoms with Crippen LogP contribution in [0.3, 0.4) is 0 Å². The zero-order valence-electron chi connectivity index (χ0n) is 12.5. The van der Waals surface area contributed by atoms with E-state index in [1.54, 1.807) is 11.9 Å². The van der Waals surface area contributed by atoms with Gasteiger partial charge in [0.05, 0.1) is 0 Å². The molecule has 1 aromatic rings. The van der Waals surface area contributed by atoms with E-state index in [0.717, 1.165) is 24.1 Å². The molecule has 0 bridgehead atoms. The van der Waals surface area contributed by atoms with Gasteiger partial charge < -0.3 is 5.32 Å². The van der Waals surface area contributed by atoms with Crippen LogP contribution in [-0.4, -0.2) is 24.9 Å². The van der Waals surface area contributed by atoms with E-state index < -0.39 is 0 Å². The van der Waals surface area contributed by atoms with E-state index in [1.165, 1.54) is 12.8 Å². The quantitative estimate of drug-likeness (QED) is 0.926. The fourth-order valence-electron chi connectivity index (χ4n) is 3.63. The molecule has 1 atom stereocenters. The van der Waals surface area contributed by atoms with Gasteiger partial charge in [-0.05, 0) is 30.4 Å². The molecule has 3 rings (SSSR count). The number of para-hydroxylation sites is 1. The third kappa shape index (κ3) is 2.67. The number of fused-ring (bicyclic) bond motifs is 1. The second kappa shape index (κ2) is 5.88. The van der Waals surface area contributed by atoms with Crippen LogP contribution in [0, 0.1) is 5.92 Å². The van der Waals surface area contributed by atoms with Gasteiger partial charge in [0.25, 0.3) is 0 Å². The number of rotatable bonds is 3. The summed E-state index contributed by atoms with van der Waals surface area (Å²) in [5.41, 5.74) is 2.00. The van der Waals surface area contributed by atoms with E-state index in [9.17, 15) is 9.59 Å². The monoisotopic (exact) mass is 286 g/mol. The minimum absolute atomic E-state index is 0.0778. The van der Waals surface area contributed by atoms with Gasteiger partial charge in [-0.2, -0.15) is 0 Å². The van der Waals surface area contributed by atoms with Crippen molar-refractivity contribution in [2.24, 2.45) is 5.92 Å². The summed E-state index contributed by atoms with van der Waals surface area (Å²) in [5.74, 6) is 0.516. The van der Waals surface area contributed by atoms with Crippen molar-refractivity contribution < 1.29 is 9.59 Å². The number of anilines is 1. The standard InChI is InChI=1S/C17H22N2O2/c1-18-17(21)15-11-13-8-4-5-9-14(13)19(15)16(20)10-12-6-2-3-7-12/h4-5,8-9,12,15H,2-3,6-7,10-11H2,1H3,(H,18,21)/t15-/m0/s1. The molecule has 1 aliphatic carbocycles. The number of likely N-dealkylation sites (N-methyl/N-ethyl adjacent to an activating group) is 1. The maximum atomic E-state index is 12.7. The first-order valence-corrected chi connectivity index (χ1v) is 7.82. The predicted molar refractivity (Wildman–Crippen MR) is 82.1 cm³/mol. The highest BCUT2D eigenvalue weighted by Crippen LogP contribution is 2.35. The Balaban J connectivity index is 1.84. The number of nitrogens with zero attached hydrogens (tertiary/aromatic N) is 1. The number of hydrogen-bond donors (Lipinski definition) is 1. The summed E-state index contributed by atoms with van der Waals surface area (Å²) in [6, 6.07) is 7.46. The van der Waals surface area contributed by atoms with Crippen LogP contribution in [0.25, 0.3) is 0 Å². The largest absolute Gasteiger partial charge is 0.357 e. The van der Waals surface area contributed by atoms with E-state index in [2.05, 4.69) is 5.32 Å². The third-order valence-corrected chi connectivity index (χ3v) is 4.73. The van der Waals surface area contributed by atoms with Crippen molar-refractivity contribution in [2.75, 3.05) is 11.9 Å². The number of benzene rings is 1. The summed E-state index contributed by atoms with van der Waals surface area (Å²) in [7, 11) is 1.63. The van der Waals surface area contributed by atoms with Crippen LogP contribution in [0.4, 0.5) is 5.69 Å². The Labute approximate surface area is 125 Å². The zero-order valence-corrected chi connectivity index (χ0v) is 12.5. The van der Waals surface area contributed by atoms with Gasteiger partial charge in [-0.15, -0.1) is 0 Å². The smallest absolute Gasteiger partial charge is 0.243 e. The summed E-state index contributed by atoms with van der Waals surface area (Å²) >= 11 is 0. The summed E-state index contributed by atoms with van der Waals surface area (Å²) < 4.78 is 0. The van der Waals surface area contributed by atoms with Gasteiger partial charge in [0, 0.05) is 25.6 Å². The van der Waals surface area contributed by atoms with Crippen LogP contribution in [0.5, 0.6) is 0 Å². The van der Waals surface area contributed by atoms with Gasteiger partial charge in [0.15, 0.2) is 0 Å². The van der Waals surface area contributed by atoms with Gasteiger partial charge in [-0.25, -0.2) is 0 Å². The molecule has 21 heavy (non-hydrogen) atoms. The molecule has 0 spiro atoms. The molecular formula is C17H22N2O2. The van der Waals surface area contributed by atoms with Crippen molar-refractivity contribution in [2.45, 2.75) is 44.6 Å². The number of hydrogen-bond acceptors (Lipinski definition) is 2. The van der Waals surface area contributed by atoms with Crippen LogP contribution in [0.1, 0.15) is 37.7 Å². The first-order valence-electron chi connectivity index (χ1n) is 7.82. The van der Waals surface area contributed by atoms with Crippen molar-refractivity contribution >= 4 is 17.5 Å². The van der Waals surface area contributed by atoms with Crippen molar-refractivity contribution in [1.82, 2.24) is 5.32 Å². The van der Waals surface area contributed by atoms with E-state index in [0.29, 0.717) is 18.8 Å². The molecule has 112 valence electrons. The summed E-state index contributed by atoms with van der Waals surface area (Å²) in [4.78, 5) is 26.6. The highest BCUT2D eigenvalue weighted by molar-refractivity contribution is 6.03. The normalized spacial score (nSPS) is 21.4. The highest BCUT2D eigenvalue weighted by atomic mass is 16.2. The molecule has 1 fully saturated rings. The highest BCUT2D eigenvalue weighted by Gasteiger charge is 2.38. The minimum atomic E-state index is -0.388. The van der Waals surface area contributed by atoms with Crippen molar-refractivity contribution in [3.8, 4) is 0 Å². The van der Waals surface area contributed by atoms with Crippen LogP contribution in [-0.2, 0) is 16.0 Å². The van der Waals surface area contributed by atoms with Gasteiger partial charge in [0.1, 0.15) is 6.04 Å². The molecule has 1 N–H and O–H groups in total. The molecule has 4 nitrogen and oxygen atoms in total. The Morgan fingerprint density at radius 2 is 1.95 bits per heavy atom. The number of amides is 2. The van der Waals surface area contributed by atoms with E-state index in [4.69, 9.17) is 0 Å². The molecule has 1 saturated carbocycles. The van der Waals surface area contributed by atoms with Crippen LogP contribution in [0.2, 0.25) is 0 Å². The van der Waals surface area contributed by atoms with Gasteiger partial charge >= 0.3 is 0 Å². The Kier molecular flexibility index (Phi) is 3.95. The zero-order chi connectivity index (χ0) is 14.8. The fraction of sp³-hybridized carbons (Fsp3) is 0.529. The molecule has 2 amide bonds. The Morgan fingerprint density at radius 3 is 2.67 bits per heavy atom. The van der Waals surface area contributed by atoms with Gasteiger partial charge in [-0.3, -0.25) is 14.5 Å².